The summed E-state index contributed by atoms with van der Waals surface area (Å²) in [5, 5.41) is 4.10. The van der Waals surface area contributed by atoms with Crippen molar-refractivity contribution in [2.45, 2.75) is 43.4 Å². The van der Waals surface area contributed by atoms with E-state index in [-0.39, 0.29) is 37.2 Å². The number of carbonyl (C=O) groups is 1. The number of benzene rings is 1. The Morgan fingerprint density at radius 1 is 1.32 bits per heavy atom. The van der Waals surface area contributed by atoms with Crippen LogP contribution in [0.25, 0.3) is 0 Å². The van der Waals surface area contributed by atoms with Crippen molar-refractivity contribution in [1.82, 2.24) is 9.78 Å². The Kier molecular flexibility index (Phi) is 6.07. The standard InChI is InChI=1S/C18H19F3N2O4S/c1-2-25-17(24)7-12(11-3-4-14-15(6-11)27-10-26-14)5-13-8-16(28)23(22-13)9-18(19,20)21/h3-4,6,8,12,28H,2,5,7,9-10H2,1H3. The first-order valence-electron chi connectivity index (χ1n) is 8.62. The molecule has 1 atom stereocenters. The summed E-state index contributed by atoms with van der Waals surface area (Å²) in [5.74, 6) is 0.413. The van der Waals surface area contributed by atoms with Crippen LogP contribution in [0.4, 0.5) is 13.2 Å². The lowest BCUT2D eigenvalue weighted by Gasteiger charge is -2.16. The molecule has 0 spiro atoms. The van der Waals surface area contributed by atoms with E-state index in [4.69, 9.17) is 14.2 Å². The number of esters is 1. The minimum absolute atomic E-state index is 0.0571. The van der Waals surface area contributed by atoms with Gasteiger partial charge in [-0.25, -0.2) is 4.68 Å². The van der Waals surface area contributed by atoms with Crippen LogP contribution in [0.2, 0.25) is 0 Å². The highest BCUT2D eigenvalue weighted by Gasteiger charge is 2.30. The Balaban J connectivity index is 1.83. The fourth-order valence-corrected chi connectivity index (χ4v) is 3.26. The highest BCUT2D eigenvalue weighted by atomic mass is 32.1. The third-order valence-electron chi connectivity index (χ3n) is 4.18. The van der Waals surface area contributed by atoms with Gasteiger partial charge in [0, 0.05) is 5.92 Å². The number of hydrogen-bond donors (Lipinski definition) is 1. The van der Waals surface area contributed by atoms with E-state index in [1.54, 1.807) is 25.1 Å². The van der Waals surface area contributed by atoms with Gasteiger partial charge in [0.25, 0.3) is 0 Å². The molecule has 2 heterocycles. The molecule has 1 aliphatic rings. The molecule has 0 amide bonds. The Labute approximate surface area is 165 Å². The molecule has 0 bridgehead atoms. The quantitative estimate of drug-likeness (QED) is 0.550. The third kappa shape index (κ3) is 5.12. The highest BCUT2D eigenvalue weighted by Crippen LogP contribution is 2.36. The molecule has 10 heteroatoms. The van der Waals surface area contributed by atoms with Gasteiger partial charge in [0.1, 0.15) is 6.54 Å². The van der Waals surface area contributed by atoms with Gasteiger partial charge in [0.2, 0.25) is 6.79 Å². The summed E-state index contributed by atoms with van der Waals surface area (Å²) in [7, 11) is 0. The number of hydrogen-bond acceptors (Lipinski definition) is 6. The molecule has 28 heavy (non-hydrogen) atoms. The van der Waals surface area contributed by atoms with Gasteiger partial charge >= 0.3 is 12.1 Å². The summed E-state index contributed by atoms with van der Waals surface area (Å²) < 4.78 is 54.5. The summed E-state index contributed by atoms with van der Waals surface area (Å²) in [4.78, 5) is 12.0. The molecule has 1 aliphatic heterocycles. The number of thiol groups is 1. The van der Waals surface area contributed by atoms with E-state index >= 15 is 0 Å². The first-order valence-corrected chi connectivity index (χ1v) is 9.07. The number of halogens is 3. The summed E-state index contributed by atoms with van der Waals surface area (Å²) in [6.45, 7) is 0.845. The monoisotopic (exact) mass is 416 g/mol. The molecule has 0 radical (unpaired) electrons. The number of alkyl halides is 3. The maximum Gasteiger partial charge on any atom is 0.408 e. The van der Waals surface area contributed by atoms with E-state index < -0.39 is 18.7 Å². The normalized spacial score (nSPS) is 14.2. The second-order valence-corrected chi connectivity index (χ2v) is 6.75. The van der Waals surface area contributed by atoms with Crippen molar-refractivity contribution in [3.63, 3.8) is 0 Å². The Morgan fingerprint density at radius 3 is 2.79 bits per heavy atom. The van der Waals surface area contributed by atoms with Crippen LogP contribution in [-0.2, 0) is 22.5 Å². The van der Waals surface area contributed by atoms with Gasteiger partial charge in [-0.2, -0.15) is 18.3 Å². The number of fused-ring (bicyclic) bond motifs is 1. The van der Waals surface area contributed by atoms with Crippen molar-refractivity contribution in [3.8, 4) is 11.5 Å². The Morgan fingerprint density at radius 2 is 2.07 bits per heavy atom. The van der Waals surface area contributed by atoms with Gasteiger partial charge in [-0.05, 0) is 37.1 Å². The number of ether oxygens (including phenoxy) is 3. The average Bonchev–Trinajstić information content (AvgIpc) is 3.19. The van der Waals surface area contributed by atoms with Gasteiger partial charge in [0.05, 0.1) is 23.7 Å². The van der Waals surface area contributed by atoms with Crippen LogP contribution < -0.4 is 9.47 Å². The van der Waals surface area contributed by atoms with Gasteiger partial charge in [-0.15, -0.1) is 12.6 Å². The lowest BCUT2D eigenvalue weighted by molar-refractivity contribution is -0.144. The Bertz CT molecular complexity index is 854. The largest absolute Gasteiger partial charge is 0.466 e. The van der Waals surface area contributed by atoms with Crippen molar-refractivity contribution in [2.24, 2.45) is 0 Å². The summed E-state index contributed by atoms with van der Waals surface area (Å²) in [6.07, 6.45) is -4.10. The van der Waals surface area contributed by atoms with Gasteiger partial charge in [0.15, 0.2) is 11.5 Å². The molecule has 152 valence electrons. The van der Waals surface area contributed by atoms with E-state index in [9.17, 15) is 18.0 Å². The van der Waals surface area contributed by atoms with Crippen molar-refractivity contribution in [1.29, 1.82) is 0 Å². The van der Waals surface area contributed by atoms with E-state index in [0.29, 0.717) is 17.2 Å². The van der Waals surface area contributed by atoms with Gasteiger partial charge < -0.3 is 14.2 Å². The highest BCUT2D eigenvalue weighted by molar-refractivity contribution is 7.80. The first kappa shape index (κ1) is 20.4. The van der Waals surface area contributed by atoms with Crippen molar-refractivity contribution < 1.29 is 32.2 Å². The molecule has 1 aromatic heterocycles. The molecule has 0 aliphatic carbocycles. The van der Waals surface area contributed by atoms with E-state index in [1.165, 1.54) is 6.07 Å². The minimum atomic E-state index is -4.40. The van der Waals surface area contributed by atoms with E-state index in [1.807, 2.05) is 0 Å². The van der Waals surface area contributed by atoms with Crippen molar-refractivity contribution in [3.05, 3.63) is 35.5 Å². The van der Waals surface area contributed by atoms with Crippen LogP contribution in [0.15, 0.2) is 29.3 Å². The van der Waals surface area contributed by atoms with Crippen molar-refractivity contribution in [2.75, 3.05) is 13.4 Å². The molecule has 1 aromatic carbocycles. The first-order chi connectivity index (χ1) is 13.2. The maximum atomic E-state index is 12.7. The maximum absolute atomic E-state index is 12.7. The molecule has 6 nitrogen and oxygen atoms in total. The molecule has 0 saturated heterocycles. The molecule has 3 rings (SSSR count). The number of aromatic nitrogens is 2. The minimum Gasteiger partial charge on any atom is -0.466 e. The van der Waals surface area contributed by atoms with Gasteiger partial charge in [-0.3, -0.25) is 4.79 Å². The van der Waals surface area contributed by atoms with Crippen LogP contribution in [0.5, 0.6) is 11.5 Å². The zero-order valence-corrected chi connectivity index (χ0v) is 15.9. The average molecular weight is 416 g/mol. The topological polar surface area (TPSA) is 62.6 Å². The fraction of sp³-hybridized carbons (Fsp3) is 0.444. The molecule has 0 saturated carbocycles. The summed E-state index contributed by atoms with van der Waals surface area (Å²) >= 11 is 4.07. The van der Waals surface area contributed by atoms with Crippen LogP contribution in [0.3, 0.4) is 0 Å². The predicted molar refractivity (Wildman–Crippen MR) is 95.8 cm³/mol. The number of nitrogens with zero attached hydrogens (tertiary/aromatic N) is 2. The molecule has 0 N–H and O–H groups in total. The zero-order chi connectivity index (χ0) is 20.3. The lowest BCUT2D eigenvalue weighted by Crippen LogP contribution is -2.19. The molecular weight excluding hydrogens is 397 g/mol. The van der Waals surface area contributed by atoms with Crippen LogP contribution >= 0.6 is 12.6 Å². The van der Waals surface area contributed by atoms with Crippen LogP contribution in [0.1, 0.15) is 30.5 Å². The van der Waals surface area contributed by atoms with Crippen LogP contribution in [-0.4, -0.2) is 35.3 Å². The SMILES string of the molecule is CCOC(=O)CC(Cc1cc(S)n(CC(F)(F)F)n1)c1ccc2c(c1)OCO2. The molecule has 1 unspecified atom stereocenters. The smallest absolute Gasteiger partial charge is 0.408 e. The zero-order valence-electron chi connectivity index (χ0n) is 15.0. The summed E-state index contributed by atoms with van der Waals surface area (Å²) in [5.41, 5.74) is 1.18. The van der Waals surface area contributed by atoms with Crippen molar-refractivity contribution >= 4 is 18.6 Å². The fourth-order valence-electron chi connectivity index (χ4n) is 2.99. The predicted octanol–water partition coefficient (Wildman–Crippen LogP) is 3.74. The van der Waals surface area contributed by atoms with Gasteiger partial charge in [-0.1, -0.05) is 6.07 Å². The Hall–Kier alpha value is -2.36. The number of rotatable bonds is 7. The number of carbonyl (C=O) groups excluding carboxylic acids is 1. The lowest BCUT2D eigenvalue weighted by atomic mass is 9.91. The second-order valence-electron chi connectivity index (χ2n) is 6.29. The van der Waals surface area contributed by atoms with E-state index in [0.717, 1.165) is 10.2 Å². The molecule has 2 aromatic rings. The van der Waals surface area contributed by atoms with Crippen LogP contribution in [0, 0.1) is 0 Å². The molecular formula is C18H19F3N2O4S. The van der Waals surface area contributed by atoms with E-state index in [2.05, 4.69) is 17.7 Å². The third-order valence-corrected chi connectivity index (χ3v) is 4.54. The molecule has 0 fully saturated rings. The summed E-state index contributed by atoms with van der Waals surface area (Å²) in [6, 6.07) is 6.77. The second kappa shape index (κ2) is 8.34.